The molecule has 8 heavy (non-hydrogen) atoms. The molecule has 45 valence electrons. The highest BCUT2D eigenvalue weighted by molar-refractivity contribution is 4.85. The fraction of sp³-hybridized carbons (Fsp3) is 0.833. The van der Waals surface area contributed by atoms with Gasteiger partial charge in [0.15, 0.2) is 0 Å². The molecule has 2 rings (SSSR count). The molecule has 1 radical (unpaired) electrons. The average Bonchev–Trinajstić information content (AvgIpc) is 2.12. The highest BCUT2D eigenvalue weighted by atomic mass is 16.6. The van der Waals surface area contributed by atoms with Crippen molar-refractivity contribution in [3.63, 3.8) is 0 Å². The summed E-state index contributed by atoms with van der Waals surface area (Å²) in [6.07, 6.45) is 2.95. The van der Waals surface area contributed by atoms with Gasteiger partial charge in [-0.1, -0.05) is 0 Å². The van der Waals surface area contributed by atoms with Crippen LogP contribution in [-0.4, -0.2) is 18.8 Å². The van der Waals surface area contributed by atoms with E-state index in [1.165, 1.54) is 0 Å². The van der Waals surface area contributed by atoms with Crippen LogP contribution >= 0.6 is 0 Å². The molecule has 0 N–H and O–H groups in total. The predicted molar refractivity (Wildman–Crippen MR) is 28.1 cm³/mol. The smallest absolute Gasteiger partial charge is 0.113 e. The van der Waals surface area contributed by atoms with E-state index in [2.05, 4.69) is 0 Å². The molecule has 2 saturated heterocycles. The lowest BCUT2D eigenvalue weighted by Crippen LogP contribution is -2.19. The van der Waals surface area contributed by atoms with Crippen LogP contribution in [0.1, 0.15) is 12.8 Å². The summed E-state index contributed by atoms with van der Waals surface area (Å²) in [5.41, 5.74) is 0. The van der Waals surface area contributed by atoms with E-state index >= 15 is 0 Å². The minimum atomic E-state index is 0.314. The van der Waals surface area contributed by atoms with Gasteiger partial charge in [-0.3, -0.25) is 0 Å². The van der Waals surface area contributed by atoms with Crippen molar-refractivity contribution in [3.05, 3.63) is 6.61 Å². The first-order valence-corrected chi connectivity index (χ1v) is 3.05. The largest absolute Gasteiger partial charge is 0.375 e. The molecular weight excluding hydrogens is 104 g/mol. The normalized spacial score (nSPS) is 45.0. The van der Waals surface area contributed by atoms with Gasteiger partial charge in [0.2, 0.25) is 0 Å². The quantitative estimate of drug-likeness (QED) is 0.461. The first-order chi connectivity index (χ1) is 3.95. The van der Waals surface area contributed by atoms with Crippen molar-refractivity contribution in [1.82, 2.24) is 0 Å². The Morgan fingerprint density at radius 2 is 2.50 bits per heavy atom. The summed E-state index contributed by atoms with van der Waals surface area (Å²) < 4.78 is 10.5. The summed E-state index contributed by atoms with van der Waals surface area (Å²) in [6, 6.07) is 0. The van der Waals surface area contributed by atoms with Gasteiger partial charge in [0.25, 0.3) is 0 Å². The maximum atomic E-state index is 5.29. The molecule has 2 atom stereocenters. The van der Waals surface area contributed by atoms with Gasteiger partial charge in [-0.15, -0.1) is 0 Å². The van der Waals surface area contributed by atoms with E-state index in [0.29, 0.717) is 12.2 Å². The van der Waals surface area contributed by atoms with Gasteiger partial charge >= 0.3 is 0 Å². The summed E-state index contributed by atoms with van der Waals surface area (Å²) in [5, 5.41) is 0. The molecule has 2 unspecified atom stereocenters. The van der Waals surface area contributed by atoms with Gasteiger partial charge in [-0.25, -0.2) is 0 Å². The van der Waals surface area contributed by atoms with Crippen molar-refractivity contribution >= 4 is 0 Å². The first-order valence-electron chi connectivity index (χ1n) is 3.05. The molecule has 0 spiro atoms. The molecule has 0 aromatic rings. The molecular formula is C6H9O2. The Balaban J connectivity index is 2.03. The Morgan fingerprint density at radius 3 is 3.25 bits per heavy atom. The van der Waals surface area contributed by atoms with Gasteiger partial charge in [0.1, 0.15) is 6.61 Å². The fourth-order valence-corrected chi connectivity index (χ4v) is 1.21. The monoisotopic (exact) mass is 113 g/mol. The standard InChI is InChI=1S/C6H9O2/c1-2-7-6-3-5(1)8-4-6/h4-6H,1-3H2. The van der Waals surface area contributed by atoms with Crippen molar-refractivity contribution in [1.29, 1.82) is 0 Å². The molecule has 2 aliphatic rings. The topological polar surface area (TPSA) is 18.5 Å². The molecule has 2 aliphatic heterocycles. The third-order valence-electron chi connectivity index (χ3n) is 1.69. The number of hydrogen-bond acceptors (Lipinski definition) is 2. The van der Waals surface area contributed by atoms with E-state index in [-0.39, 0.29) is 0 Å². The predicted octanol–water partition coefficient (Wildman–Crippen LogP) is 0.726. The zero-order chi connectivity index (χ0) is 5.40. The third kappa shape index (κ3) is 0.644. The number of ether oxygens (including phenoxy) is 2. The summed E-state index contributed by atoms with van der Waals surface area (Å²) in [5.74, 6) is 0. The zero-order valence-electron chi connectivity index (χ0n) is 4.67. The van der Waals surface area contributed by atoms with E-state index in [1.54, 1.807) is 0 Å². The lowest BCUT2D eigenvalue weighted by Gasteiger charge is -2.15. The third-order valence-corrected chi connectivity index (χ3v) is 1.69. The lowest BCUT2D eigenvalue weighted by molar-refractivity contribution is 0.0442. The molecule has 2 nitrogen and oxygen atoms in total. The molecule has 2 fully saturated rings. The maximum Gasteiger partial charge on any atom is 0.113 e. The van der Waals surface area contributed by atoms with E-state index < -0.39 is 0 Å². The zero-order valence-corrected chi connectivity index (χ0v) is 4.67. The van der Waals surface area contributed by atoms with Gasteiger partial charge in [-0.2, -0.15) is 0 Å². The fourth-order valence-electron chi connectivity index (χ4n) is 1.21. The highest BCUT2D eigenvalue weighted by Crippen LogP contribution is 2.26. The van der Waals surface area contributed by atoms with Gasteiger partial charge in [0, 0.05) is 13.0 Å². The number of fused-ring (bicyclic) bond motifs is 2. The van der Waals surface area contributed by atoms with Crippen LogP contribution in [-0.2, 0) is 9.47 Å². The van der Waals surface area contributed by atoms with E-state index in [1.807, 2.05) is 6.61 Å². The highest BCUT2D eigenvalue weighted by Gasteiger charge is 2.30. The number of hydrogen-bond donors (Lipinski definition) is 0. The Bertz CT molecular complexity index is 78.5. The first kappa shape index (κ1) is 4.77. The van der Waals surface area contributed by atoms with Crippen LogP contribution in [0.5, 0.6) is 0 Å². The minimum absolute atomic E-state index is 0.314. The van der Waals surface area contributed by atoms with E-state index in [9.17, 15) is 0 Å². The second kappa shape index (κ2) is 1.71. The molecule has 0 saturated carbocycles. The van der Waals surface area contributed by atoms with E-state index in [4.69, 9.17) is 9.47 Å². The second-order valence-electron chi connectivity index (χ2n) is 2.33. The summed E-state index contributed by atoms with van der Waals surface area (Å²) in [4.78, 5) is 0. The van der Waals surface area contributed by atoms with Crippen LogP contribution < -0.4 is 0 Å². The summed E-state index contributed by atoms with van der Waals surface area (Å²) in [6.45, 7) is 2.70. The number of rotatable bonds is 0. The van der Waals surface area contributed by atoms with Crippen LogP contribution in [0.25, 0.3) is 0 Å². The summed E-state index contributed by atoms with van der Waals surface area (Å²) in [7, 11) is 0. The second-order valence-corrected chi connectivity index (χ2v) is 2.33. The van der Waals surface area contributed by atoms with Gasteiger partial charge in [0.05, 0.1) is 12.2 Å². The van der Waals surface area contributed by atoms with Crippen molar-refractivity contribution in [2.24, 2.45) is 0 Å². The SMILES string of the molecule is [CH]1OC2CCOC1C2. The molecule has 0 aromatic carbocycles. The van der Waals surface area contributed by atoms with Crippen LogP contribution in [0.15, 0.2) is 0 Å². The van der Waals surface area contributed by atoms with Gasteiger partial charge in [-0.05, 0) is 6.42 Å². The molecule has 2 heterocycles. The molecule has 0 aliphatic carbocycles. The van der Waals surface area contributed by atoms with Crippen molar-refractivity contribution in [3.8, 4) is 0 Å². The Labute approximate surface area is 48.8 Å². The molecule has 0 amide bonds. The van der Waals surface area contributed by atoms with Crippen LogP contribution in [0.4, 0.5) is 0 Å². The van der Waals surface area contributed by atoms with E-state index in [0.717, 1.165) is 19.4 Å². The molecule has 2 bridgehead atoms. The van der Waals surface area contributed by atoms with Crippen LogP contribution in [0, 0.1) is 6.61 Å². The molecule has 2 heteroatoms. The van der Waals surface area contributed by atoms with Crippen LogP contribution in [0.2, 0.25) is 0 Å². The van der Waals surface area contributed by atoms with Crippen molar-refractivity contribution in [2.75, 3.05) is 6.61 Å². The average molecular weight is 113 g/mol. The van der Waals surface area contributed by atoms with Crippen molar-refractivity contribution < 1.29 is 9.47 Å². The van der Waals surface area contributed by atoms with Gasteiger partial charge < -0.3 is 9.47 Å². The van der Waals surface area contributed by atoms with Crippen LogP contribution in [0.3, 0.4) is 0 Å². The van der Waals surface area contributed by atoms with Crippen molar-refractivity contribution in [2.45, 2.75) is 25.0 Å². The Kier molecular flexibility index (Phi) is 1.02. The minimum Gasteiger partial charge on any atom is -0.375 e. The Hall–Kier alpha value is -0.0800. The summed E-state index contributed by atoms with van der Waals surface area (Å²) >= 11 is 0. The maximum absolute atomic E-state index is 5.29. The molecule has 0 aromatic heterocycles. The Morgan fingerprint density at radius 1 is 1.50 bits per heavy atom. The lowest BCUT2D eigenvalue weighted by atomic mass is 10.1.